The lowest BCUT2D eigenvalue weighted by Gasteiger charge is -2.42. The Bertz CT molecular complexity index is 639. The van der Waals surface area contributed by atoms with Crippen LogP contribution in [0.5, 0.6) is 0 Å². The van der Waals surface area contributed by atoms with Gasteiger partial charge in [-0.25, -0.2) is 9.59 Å². The molecule has 1 N–H and O–H groups in total. The van der Waals surface area contributed by atoms with Crippen molar-refractivity contribution in [1.29, 1.82) is 0 Å². The van der Waals surface area contributed by atoms with Crippen molar-refractivity contribution in [2.75, 3.05) is 19.6 Å². The number of ether oxygens (including phenoxy) is 1. The Balaban J connectivity index is 2.07. The molecule has 144 valence electrons. The third-order valence-corrected chi connectivity index (χ3v) is 4.46. The van der Waals surface area contributed by atoms with Crippen LogP contribution in [0.1, 0.15) is 56.5 Å². The van der Waals surface area contributed by atoms with E-state index in [-0.39, 0.29) is 12.1 Å². The molecule has 1 fully saturated rings. The summed E-state index contributed by atoms with van der Waals surface area (Å²) >= 11 is 0. The van der Waals surface area contributed by atoms with Gasteiger partial charge >= 0.3 is 12.1 Å². The zero-order valence-corrected chi connectivity index (χ0v) is 16.2. The average molecular weight is 362 g/mol. The first-order valence-corrected chi connectivity index (χ1v) is 9.24. The molecule has 6 heteroatoms. The van der Waals surface area contributed by atoms with Gasteiger partial charge in [-0.05, 0) is 38.8 Å². The summed E-state index contributed by atoms with van der Waals surface area (Å²) in [6.45, 7) is 10.3. The lowest BCUT2D eigenvalue weighted by molar-refractivity contribution is -0.00387. The highest BCUT2D eigenvalue weighted by Gasteiger charge is 2.33. The maximum Gasteiger partial charge on any atom is 0.410 e. The van der Waals surface area contributed by atoms with Crippen LogP contribution in [0.3, 0.4) is 0 Å². The smallest absolute Gasteiger partial charge is 0.410 e. The van der Waals surface area contributed by atoms with Crippen molar-refractivity contribution in [3.63, 3.8) is 0 Å². The molecule has 1 aliphatic heterocycles. The molecule has 0 spiro atoms. The fraction of sp³-hybridized carbons (Fsp3) is 0.600. The predicted molar refractivity (Wildman–Crippen MR) is 100 cm³/mol. The first-order valence-electron chi connectivity index (χ1n) is 9.24. The summed E-state index contributed by atoms with van der Waals surface area (Å²) in [5, 5.41) is 9.37. The van der Waals surface area contributed by atoms with E-state index in [0.29, 0.717) is 25.2 Å². The highest BCUT2D eigenvalue weighted by molar-refractivity contribution is 5.89. The maximum atomic E-state index is 12.5. The van der Waals surface area contributed by atoms with Crippen molar-refractivity contribution in [3.05, 3.63) is 35.4 Å². The van der Waals surface area contributed by atoms with E-state index < -0.39 is 11.6 Å². The number of carbonyl (C=O) groups is 2. The normalized spacial score (nSPS) is 18.6. The third-order valence-electron chi connectivity index (χ3n) is 4.46. The summed E-state index contributed by atoms with van der Waals surface area (Å²) in [6, 6.07) is 7.19. The van der Waals surface area contributed by atoms with Crippen molar-refractivity contribution < 1.29 is 19.4 Å². The lowest BCUT2D eigenvalue weighted by atomic mass is 10.0. The number of carboxylic acids is 1. The summed E-state index contributed by atoms with van der Waals surface area (Å²) in [5.74, 6) is -0.905. The first kappa shape index (κ1) is 20.2. The number of benzene rings is 1. The third kappa shape index (κ3) is 5.46. The van der Waals surface area contributed by atoms with Crippen LogP contribution >= 0.6 is 0 Å². The number of amides is 1. The molecule has 1 heterocycles. The Morgan fingerprint density at radius 1 is 1.23 bits per heavy atom. The summed E-state index contributed by atoms with van der Waals surface area (Å²) in [7, 11) is 0. The highest BCUT2D eigenvalue weighted by Crippen LogP contribution is 2.21. The SMILES string of the molecule is CCC[C@H]1CN(Cc2ccccc2C(=O)O)CCN1C(=O)OC(C)(C)C. The summed E-state index contributed by atoms with van der Waals surface area (Å²) in [4.78, 5) is 28.0. The molecule has 1 atom stereocenters. The van der Waals surface area contributed by atoms with E-state index in [0.717, 1.165) is 24.9 Å². The number of rotatable bonds is 5. The minimum Gasteiger partial charge on any atom is -0.478 e. The Kier molecular flexibility index (Phi) is 6.64. The molecule has 1 amide bonds. The highest BCUT2D eigenvalue weighted by atomic mass is 16.6. The van der Waals surface area contributed by atoms with Gasteiger partial charge < -0.3 is 14.7 Å². The van der Waals surface area contributed by atoms with Crippen LogP contribution in [-0.4, -0.2) is 58.2 Å². The Labute approximate surface area is 155 Å². The quantitative estimate of drug-likeness (QED) is 0.866. The van der Waals surface area contributed by atoms with Crippen molar-refractivity contribution in [2.24, 2.45) is 0 Å². The number of carboxylic acid groups (broad SMARTS) is 1. The molecule has 6 nitrogen and oxygen atoms in total. The van der Waals surface area contributed by atoms with E-state index in [1.165, 1.54) is 0 Å². The largest absolute Gasteiger partial charge is 0.478 e. The van der Waals surface area contributed by atoms with Crippen molar-refractivity contribution in [2.45, 2.75) is 58.7 Å². The minimum atomic E-state index is -0.905. The molecule has 1 aromatic rings. The lowest BCUT2D eigenvalue weighted by Crippen LogP contribution is -2.55. The second-order valence-corrected chi connectivity index (χ2v) is 7.81. The van der Waals surface area contributed by atoms with E-state index in [1.54, 1.807) is 12.1 Å². The Morgan fingerprint density at radius 3 is 2.54 bits per heavy atom. The molecule has 0 aliphatic carbocycles. The van der Waals surface area contributed by atoms with E-state index in [2.05, 4.69) is 11.8 Å². The number of carbonyl (C=O) groups excluding carboxylic acids is 1. The van der Waals surface area contributed by atoms with Gasteiger partial charge in [-0.15, -0.1) is 0 Å². The number of nitrogens with zero attached hydrogens (tertiary/aromatic N) is 2. The van der Waals surface area contributed by atoms with Crippen LogP contribution in [0.4, 0.5) is 4.79 Å². The monoisotopic (exact) mass is 362 g/mol. The molecule has 1 aromatic carbocycles. The van der Waals surface area contributed by atoms with Crippen LogP contribution in [0, 0.1) is 0 Å². The van der Waals surface area contributed by atoms with Crippen LogP contribution < -0.4 is 0 Å². The molecule has 0 bridgehead atoms. The van der Waals surface area contributed by atoms with Crippen molar-refractivity contribution in [1.82, 2.24) is 9.80 Å². The molecule has 0 radical (unpaired) electrons. The Hall–Kier alpha value is -2.08. The van der Waals surface area contributed by atoms with E-state index >= 15 is 0 Å². The predicted octanol–water partition coefficient (Wildman–Crippen LogP) is 3.61. The first-order chi connectivity index (χ1) is 12.2. The number of hydrogen-bond acceptors (Lipinski definition) is 4. The second kappa shape index (κ2) is 8.54. The van der Waals surface area contributed by atoms with Gasteiger partial charge in [0.25, 0.3) is 0 Å². The number of hydrogen-bond donors (Lipinski definition) is 1. The van der Waals surface area contributed by atoms with Crippen molar-refractivity contribution >= 4 is 12.1 Å². The summed E-state index contributed by atoms with van der Waals surface area (Å²) < 4.78 is 5.55. The zero-order chi connectivity index (χ0) is 19.3. The molecule has 0 saturated carbocycles. The molecule has 1 aliphatic rings. The van der Waals surface area contributed by atoms with E-state index in [4.69, 9.17) is 4.74 Å². The molecular weight excluding hydrogens is 332 g/mol. The van der Waals surface area contributed by atoms with E-state index in [9.17, 15) is 14.7 Å². The number of aromatic carboxylic acids is 1. The van der Waals surface area contributed by atoms with Crippen LogP contribution in [0.2, 0.25) is 0 Å². The summed E-state index contributed by atoms with van der Waals surface area (Å²) in [6.07, 6.45) is 1.61. The van der Waals surface area contributed by atoms with Gasteiger partial charge in [0.1, 0.15) is 5.60 Å². The van der Waals surface area contributed by atoms with Crippen LogP contribution in [0.15, 0.2) is 24.3 Å². The molecule has 0 unspecified atom stereocenters. The molecule has 0 aromatic heterocycles. The van der Waals surface area contributed by atoms with Gasteiger partial charge in [-0.3, -0.25) is 4.90 Å². The fourth-order valence-corrected chi connectivity index (χ4v) is 3.31. The molecule has 1 saturated heterocycles. The van der Waals surface area contributed by atoms with Crippen LogP contribution in [0.25, 0.3) is 0 Å². The fourth-order valence-electron chi connectivity index (χ4n) is 3.31. The standard InChI is InChI=1S/C20H30N2O4/c1-5-8-16-14-21(11-12-22(16)19(25)26-20(2,3)4)13-15-9-6-7-10-17(15)18(23)24/h6-7,9-10,16H,5,8,11-14H2,1-4H3,(H,23,24)/t16-/m0/s1. The Morgan fingerprint density at radius 2 is 1.92 bits per heavy atom. The topological polar surface area (TPSA) is 70.1 Å². The van der Waals surface area contributed by atoms with Crippen molar-refractivity contribution in [3.8, 4) is 0 Å². The van der Waals surface area contributed by atoms with Gasteiger partial charge in [0.15, 0.2) is 0 Å². The second-order valence-electron chi connectivity index (χ2n) is 7.81. The van der Waals surface area contributed by atoms with Gasteiger partial charge in [0.2, 0.25) is 0 Å². The van der Waals surface area contributed by atoms with Crippen LogP contribution in [-0.2, 0) is 11.3 Å². The van der Waals surface area contributed by atoms with Gasteiger partial charge in [-0.2, -0.15) is 0 Å². The average Bonchev–Trinajstić information content (AvgIpc) is 2.54. The molecule has 2 rings (SSSR count). The zero-order valence-electron chi connectivity index (χ0n) is 16.2. The minimum absolute atomic E-state index is 0.0839. The van der Waals surface area contributed by atoms with Gasteiger partial charge in [0, 0.05) is 32.2 Å². The van der Waals surface area contributed by atoms with Gasteiger partial charge in [0.05, 0.1) is 5.56 Å². The maximum absolute atomic E-state index is 12.5. The molecule has 26 heavy (non-hydrogen) atoms. The van der Waals surface area contributed by atoms with E-state index in [1.807, 2.05) is 37.8 Å². The summed E-state index contributed by atoms with van der Waals surface area (Å²) in [5.41, 5.74) is 0.640. The van der Waals surface area contributed by atoms with Gasteiger partial charge in [-0.1, -0.05) is 31.5 Å². The molecular formula is C20H30N2O4. The number of piperazine rings is 1.